The number of rotatable bonds is 7. The number of hydrogen-bond donors (Lipinski definition) is 2. The molecule has 0 bridgehead atoms. The van der Waals surface area contributed by atoms with Crippen LogP contribution in [0.2, 0.25) is 0 Å². The van der Waals surface area contributed by atoms with Crippen LogP contribution < -0.4 is 15.4 Å². The van der Waals surface area contributed by atoms with Gasteiger partial charge in [0.25, 0.3) is 0 Å². The minimum atomic E-state index is -0.257. The van der Waals surface area contributed by atoms with Gasteiger partial charge in [-0.1, -0.05) is 19.9 Å². The smallest absolute Gasteiger partial charge is 0.319 e. The van der Waals surface area contributed by atoms with Crippen molar-refractivity contribution in [2.24, 2.45) is 0 Å². The van der Waals surface area contributed by atoms with E-state index in [9.17, 15) is 4.79 Å². The summed E-state index contributed by atoms with van der Waals surface area (Å²) in [5, 5.41) is 5.87. The molecule has 2 amide bonds. The zero-order chi connectivity index (χ0) is 20.0. The molecule has 6 heteroatoms. The number of amides is 2. The number of nitrogens with zero attached hydrogens (tertiary/aromatic N) is 1. The number of nitrogens with one attached hydrogen (secondary N) is 2. The van der Waals surface area contributed by atoms with Gasteiger partial charge >= 0.3 is 6.03 Å². The molecular weight excluding hydrogens is 354 g/mol. The Morgan fingerprint density at radius 3 is 2.79 bits per heavy atom. The van der Waals surface area contributed by atoms with Crippen molar-refractivity contribution >= 4 is 11.7 Å². The fraction of sp³-hybridized carbons (Fsp3) is 0.455. The zero-order valence-electron chi connectivity index (χ0n) is 16.8. The van der Waals surface area contributed by atoms with Gasteiger partial charge in [0.05, 0.1) is 11.8 Å². The van der Waals surface area contributed by atoms with Gasteiger partial charge in [0.1, 0.15) is 12.4 Å². The van der Waals surface area contributed by atoms with E-state index in [1.54, 1.807) is 12.4 Å². The number of aryl methyl sites for hydroxylation is 1. The van der Waals surface area contributed by atoms with Crippen LogP contribution in [0.3, 0.4) is 0 Å². The Labute approximate surface area is 166 Å². The topological polar surface area (TPSA) is 72.5 Å². The van der Waals surface area contributed by atoms with Crippen LogP contribution in [0.25, 0.3) is 0 Å². The summed E-state index contributed by atoms with van der Waals surface area (Å²) in [5.41, 5.74) is 2.65. The monoisotopic (exact) mass is 383 g/mol. The molecule has 28 heavy (non-hydrogen) atoms. The molecule has 1 fully saturated rings. The highest BCUT2D eigenvalue weighted by Gasteiger charge is 2.22. The number of aromatic nitrogens is 1. The molecule has 1 aromatic carbocycles. The Hall–Kier alpha value is -2.60. The van der Waals surface area contributed by atoms with Crippen LogP contribution in [-0.2, 0) is 10.2 Å². The van der Waals surface area contributed by atoms with Crippen LogP contribution in [0.5, 0.6) is 5.75 Å². The van der Waals surface area contributed by atoms with E-state index >= 15 is 0 Å². The molecule has 2 aromatic rings. The average molecular weight is 383 g/mol. The van der Waals surface area contributed by atoms with Gasteiger partial charge in [-0.05, 0) is 55.2 Å². The Morgan fingerprint density at radius 2 is 2.07 bits per heavy atom. The highest BCUT2D eigenvalue weighted by Crippen LogP contribution is 2.27. The minimum Gasteiger partial charge on any atom is -0.489 e. The summed E-state index contributed by atoms with van der Waals surface area (Å²) in [4.78, 5) is 16.5. The quantitative estimate of drug-likeness (QED) is 0.757. The van der Waals surface area contributed by atoms with Gasteiger partial charge in [-0.2, -0.15) is 0 Å². The first-order valence-corrected chi connectivity index (χ1v) is 9.74. The van der Waals surface area contributed by atoms with Crippen molar-refractivity contribution in [2.45, 2.75) is 45.1 Å². The molecule has 3 rings (SSSR count). The van der Waals surface area contributed by atoms with Crippen LogP contribution >= 0.6 is 0 Å². The van der Waals surface area contributed by atoms with Crippen LogP contribution in [0.4, 0.5) is 10.5 Å². The van der Waals surface area contributed by atoms with Crippen LogP contribution in [-0.4, -0.2) is 36.9 Å². The second-order valence-electron chi connectivity index (χ2n) is 7.87. The summed E-state index contributed by atoms with van der Waals surface area (Å²) in [6.07, 6.45) is 5.74. The number of pyridine rings is 1. The van der Waals surface area contributed by atoms with Crippen molar-refractivity contribution in [3.63, 3.8) is 0 Å². The fourth-order valence-electron chi connectivity index (χ4n) is 3.18. The van der Waals surface area contributed by atoms with Crippen molar-refractivity contribution in [3.05, 3.63) is 53.9 Å². The third kappa shape index (κ3) is 5.45. The SMILES string of the molecule is Cc1ccc(NC(=O)NCC(C)(C)c2ccncc2)c(OCC2CCCO2)c1. The lowest BCUT2D eigenvalue weighted by Gasteiger charge is -2.25. The maximum absolute atomic E-state index is 12.5. The van der Waals surface area contributed by atoms with Crippen molar-refractivity contribution < 1.29 is 14.3 Å². The van der Waals surface area contributed by atoms with Gasteiger partial charge in [0.2, 0.25) is 0 Å². The Morgan fingerprint density at radius 1 is 1.29 bits per heavy atom. The number of urea groups is 1. The number of ether oxygens (including phenoxy) is 2. The molecule has 2 heterocycles. The van der Waals surface area contributed by atoms with Gasteiger partial charge in [-0.15, -0.1) is 0 Å². The van der Waals surface area contributed by atoms with Crippen molar-refractivity contribution in [1.82, 2.24) is 10.3 Å². The molecular formula is C22H29N3O3. The second-order valence-corrected chi connectivity index (χ2v) is 7.87. The number of carbonyl (C=O) groups excluding carboxylic acids is 1. The molecule has 1 aromatic heterocycles. The first-order valence-electron chi connectivity index (χ1n) is 9.74. The largest absolute Gasteiger partial charge is 0.489 e. The third-order valence-electron chi connectivity index (χ3n) is 4.99. The summed E-state index contributed by atoms with van der Waals surface area (Å²) in [5.74, 6) is 0.666. The van der Waals surface area contributed by atoms with Crippen LogP contribution in [0.1, 0.15) is 37.8 Å². The first-order chi connectivity index (χ1) is 13.4. The maximum atomic E-state index is 12.5. The van der Waals surface area contributed by atoms with E-state index < -0.39 is 0 Å². The molecule has 1 aliphatic heterocycles. The molecule has 0 radical (unpaired) electrons. The predicted molar refractivity (Wildman–Crippen MR) is 110 cm³/mol. The van der Waals surface area contributed by atoms with Crippen LogP contribution in [0, 0.1) is 6.92 Å². The van der Waals surface area contributed by atoms with E-state index in [2.05, 4.69) is 29.5 Å². The Bertz CT molecular complexity index is 787. The van der Waals surface area contributed by atoms with E-state index in [1.165, 1.54) is 0 Å². The van der Waals surface area contributed by atoms with E-state index in [-0.39, 0.29) is 17.6 Å². The van der Waals surface area contributed by atoms with E-state index in [1.807, 2.05) is 37.3 Å². The molecule has 0 saturated carbocycles. The first kappa shape index (κ1) is 20.1. The highest BCUT2D eigenvalue weighted by molar-refractivity contribution is 5.91. The average Bonchev–Trinajstić information content (AvgIpc) is 3.21. The van der Waals surface area contributed by atoms with Gasteiger partial charge < -0.3 is 20.1 Å². The fourth-order valence-corrected chi connectivity index (χ4v) is 3.18. The van der Waals surface area contributed by atoms with Crippen LogP contribution in [0.15, 0.2) is 42.7 Å². The van der Waals surface area contributed by atoms with Crippen molar-refractivity contribution in [3.8, 4) is 5.75 Å². The number of benzene rings is 1. The number of anilines is 1. The Kier molecular flexibility index (Phi) is 6.52. The minimum absolute atomic E-state index is 0.128. The summed E-state index contributed by atoms with van der Waals surface area (Å²) in [6.45, 7) is 7.97. The molecule has 1 unspecified atom stereocenters. The van der Waals surface area contributed by atoms with E-state index in [4.69, 9.17) is 9.47 Å². The van der Waals surface area contributed by atoms with Gasteiger partial charge in [-0.25, -0.2) is 4.79 Å². The second kappa shape index (κ2) is 9.06. The van der Waals surface area contributed by atoms with E-state index in [0.29, 0.717) is 24.6 Å². The summed E-state index contributed by atoms with van der Waals surface area (Å²) < 4.78 is 11.6. The number of carbonyl (C=O) groups is 1. The lowest BCUT2D eigenvalue weighted by Crippen LogP contribution is -2.39. The molecule has 6 nitrogen and oxygen atoms in total. The standard InChI is InChI=1S/C22H29N3O3/c1-16-6-7-19(20(13-16)28-14-18-5-4-12-27-18)25-21(26)24-15-22(2,3)17-8-10-23-11-9-17/h6-11,13,18H,4-5,12,14-15H2,1-3H3,(H2,24,25,26). The van der Waals surface area contributed by atoms with E-state index in [0.717, 1.165) is 30.6 Å². The molecule has 0 spiro atoms. The van der Waals surface area contributed by atoms with Gasteiger partial charge in [0, 0.05) is 31.0 Å². The lowest BCUT2D eigenvalue weighted by atomic mass is 9.85. The van der Waals surface area contributed by atoms with Gasteiger partial charge in [-0.3, -0.25) is 4.98 Å². The lowest BCUT2D eigenvalue weighted by molar-refractivity contribution is 0.0682. The normalized spacial score (nSPS) is 16.6. The predicted octanol–water partition coefficient (Wildman–Crippen LogP) is 4.05. The zero-order valence-corrected chi connectivity index (χ0v) is 16.8. The summed E-state index contributed by atoms with van der Waals surface area (Å²) >= 11 is 0. The van der Waals surface area contributed by atoms with Crippen molar-refractivity contribution in [2.75, 3.05) is 25.1 Å². The third-order valence-corrected chi connectivity index (χ3v) is 4.99. The maximum Gasteiger partial charge on any atom is 0.319 e. The number of hydrogen-bond acceptors (Lipinski definition) is 4. The molecule has 0 aliphatic carbocycles. The molecule has 150 valence electrons. The molecule has 1 atom stereocenters. The Balaban J connectivity index is 1.58. The summed E-state index contributed by atoms with van der Waals surface area (Å²) in [7, 11) is 0. The summed E-state index contributed by atoms with van der Waals surface area (Å²) in [6, 6.07) is 9.44. The molecule has 1 saturated heterocycles. The molecule has 1 aliphatic rings. The highest BCUT2D eigenvalue weighted by atomic mass is 16.5. The van der Waals surface area contributed by atoms with Gasteiger partial charge in [0.15, 0.2) is 0 Å². The van der Waals surface area contributed by atoms with Crippen molar-refractivity contribution in [1.29, 1.82) is 0 Å². The molecule has 2 N–H and O–H groups in total.